The highest BCUT2D eigenvalue weighted by molar-refractivity contribution is 5.76. The van der Waals surface area contributed by atoms with E-state index in [-0.39, 0.29) is 5.91 Å². The first-order chi connectivity index (χ1) is 8.13. The van der Waals surface area contributed by atoms with E-state index in [0.717, 1.165) is 12.5 Å². The molecule has 1 aliphatic carbocycles. The van der Waals surface area contributed by atoms with Crippen molar-refractivity contribution in [3.63, 3.8) is 0 Å². The van der Waals surface area contributed by atoms with Crippen molar-refractivity contribution in [1.29, 1.82) is 0 Å². The van der Waals surface area contributed by atoms with Crippen molar-refractivity contribution in [1.82, 2.24) is 4.90 Å². The van der Waals surface area contributed by atoms with Crippen LogP contribution in [0.5, 0.6) is 0 Å². The summed E-state index contributed by atoms with van der Waals surface area (Å²) < 4.78 is 0. The van der Waals surface area contributed by atoms with Crippen LogP contribution in [0.25, 0.3) is 0 Å². The molecule has 3 nitrogen and oxygen atoms in total. The SMILES string of the molecule is CC(CN)CC(=O)N(C)CCC1CCCCC1. The number of carbonyl (C=O) groups is 1. The fraction of sp³-hybridized carbons (Fsp3) is 0.929. The number of hydrogen-bond acceptors (Lipinski definition) is 2. The van der Waals surface area contributed by atoms with E-state index in [4.69, 9.17) is 5.73 Å². The predicted octanol–water partition coefficient (Wildman–Crippen LogP) is 2.40. The molecule has 100 valence electrons. The molecule has 1 fully saturated rings. The van der Waals surface area contributed by atoms with E-state index < -0.39 is 0 Å². The lowest BCUT2D eigenvalue weighted by atomic mass is 9.87. The molecule has 0 radical (unpaired) electrons. The van der Waals surface area contributed by atoms with E-state index >= 15 is 0 Å². The zero-order chi connectivity index (χ0) is 12.7. The van der Waals surface area contributed by atoms with Crippen LogP contribution in [0.4, 0.5) is 0 Å². The molecule has 0 aromatic carbocycles. The third kappa shape index (κ3) is 5.53. The summed E-state index contributed by atoms with van der Waals surface area (Å²) in [5.74, 6) is 1.41. The van der Waals surface area contributed by atoms with Gasteiger partial charge < -0.3 is 10.6 Å². The van der Waals surface area contributed by atoms with E-state index in [1.165, 1.54) is 38.5 Å². The maximum absolute atomic E-state index is 11.9. The van der Waals surface area contributed by atoms with Gasteiger partial charge in [0.1, 0.15) is 0 Å². The molecule has 3 heteroatoms. The van der Waals surface area contributed by atoms with Crippen molar-refractivity contribution in [2.75, 3.05) is 20.1 Å². The molecule has 1 amide bonds. The Morgan fingerprint density at radius 1 is 1.35 bits per heavy atom. The highest BCUT2D eigenvalue weighted by atomic mass is 16.2. The van der Waals surface area contributed by atoms with Crippen molar-refractivity contribution >= 4 is 5.91 Å². The Hall–Kier alpha value is -0.570. The maximum atomic E-state index is 11.9. The molecule has 2 N–H and O–H groups in total. The van der Waals surface area contributed by atoms with Crippen molar-refractivity contribution in [2.24, 2.45) is 17.6 Å². The van der Waals surface area contributed by atoms with Gasteiger partial charge in [-0.3, -0.25) is 4.79 Å². The van der Waals surface area contributed by atoms with Crippen molar-refractivity contribution < 1.29 is 4.79 Å². The van der Waals surface area contributed by atoms with Crippen LogP contribution < -0.4 is 5.73 Å². The number of rotatable bonds is 6. The molecule has 0 bridgehead atoms. The first-order valence-electron chi connectivity index (χ1n) is 7.07. The minimum atomic E-state index is 0.249. The number of nitrogens with two attached hydrogens (primary N) is 1. The van der Waals surface area contributed by atoms with Gasteiger partial charge in [0.2, 0.25) is 5.91 Å². The van der Waals surface area contributed by atoms with Gasteiger partial charge in [-0.2, -0.15) is 0 Å². The van der Waals surface area contributed by atoms with E-state index in [0.29, 0.717) is 18.9 Å². The van der Waals surface area contributed by atoms with Gasteiger partial charge in [-0.15, -0.1) is 0 Å². The standard InChI is InChI=1S/C14H28N2O/c1-12(11-15)10-14(17)16(2)9-8-13-6-4-3-5-7-13/h12-13H,3-11,15H2,1-2H3. The number of carbonyl (C=O) groups excluding carboxylic acids is 1. The first kappa shape index (κ1) is 14.5. The second-order valence-electron chi connectivity index (χ2n) is 5.65. The van der Waals surface area contributed by atoms with Gasteiger partial charge in [0.05, 0.1) is 0 Å². The lowest BCUT2D eigenvalue weighted by Crippen LogP contribution is -2.31. The molecule has 0 heterocycles. The monoisotopic (exact) mass is 240 g/mol. The largest absolute Gasteiger partial charge is 0.346 e. The Labute approximate surface area is 106 Å². The summed E-state index contributed by atoms with van der Waals surface area (Å²) in [5, 5.41) is 0. The smallest absolute Gasteiger partial charge is 0.222 e. The lowest BCUT2D eigenvalue weighted by Gasteiger charge is -2.25. The van der Waals surface area contributed by atoms with Crippen LogP contribution >= 0.6 is 0 Å². The summed E-state index contributed by atoms with van der Waals surface area (Å²) in [4.78, 5) is 13.7. The van der Waals surface area contributed by atoms with Gasteiger partial charge in [-0.25, -0.2) is 0 Å². The minimum Gasteiger partial charge on any atom is -0.346 e. The van der Waals surface area contributed by atoms with Crippen LogP contribution in [-0.2, 0) is 4.79 Å². The number of nitrogens with zero attached hydrogens (tertiary/aromatic N) is 1. The fourth-order valence-electron chi connectivity index (χ4n) is 2.51. The molecular weight excluding hydrogens is 212 g/mol. The van der Waals surface area contributed by atoms with Gasteiger partial charge >= 0.3 is 0 Å². The van der Waals surface area contributed by atoms with Gasteiger partial charge in [0.15, 0.2) is 0 Å². The zero-order valence-corrected chi connectivity index (χ0v) is 11.5. The molecule has 1 saturated carbocycles. The Kier molecular flexibility index (Phi) is 6.56. The molecular formula is C14H28N2O. The normalized spacial score (nSPS) is 19.0. The summed E-state index contributed by atoms with van der Waals surface area (Å²) in [6, 6.07) is 0. The highest BCUT2D eigenvalue weighted by Crippen LogP contribution is 2.26. The minimum absolute atomic E-state index is 0.249. The molecule has 1 aliphatic rings. The van der Waals surface area contributed by atoms with Crippen LogP contribution in [0.1, 0.15) is 51.9 Å². The lowest BCUT2D eigenvalue weighted by molar-refractivity contribution is -0.130. The molecule has 0 aromatic heterocycles. The second kappa shape index (κ2) is 7.70. The van der Waals surface area contributed by atoms with Gasteiger partial charge in [0.25, 0.3) is 0 Å². The van der Waals surface area contributed by atoms with Crippen molar-refractivity contribution in [2.45, 2.75) is 51.9 Å². The molecule has 0 spiro atoms. The predicted molar refractivity (Wildman–Crippen MR) is 71.7 cm³/mol. The molecule has 0 aromatic rings. The summed E-state index contributed by atoms with van der Waals surface area (Å²) in [5.41, 5.74) is 5.54. The maximum Gasteiger partial charge on any atom is 0.222 e. The van der Waals surface area contributed by atoms with Crippen LogP contribution in [-0.4, -0.2) is 30.9 Å². The molecule has 0 aliphatic heterocycles. The second-order valence-corrected chi connectivity index (χ2v) is 5.65. The molecule has 17 heavy (non-hydrogen) atoms. The third-order valence-electron chi connectivity index (χ3n) is 3.95. The number of amides is 1. The van der Waals surface area contributed by atoms with E-state index in [2.05, 4.69) is 0 Å². The fourth-order valence-corrected chi connectivity index (χ4v) is 2.51. The van der Waals surface area contributed by atoms with Crippen LogP contribution in [0.15, 0.2) is 0 Å². The van der Waals surface area contributed by atoms with Gasteiger partial charge in [-0.1, -0.05) is 39.0 Å². The van der Waals surface area contributed by atoms with Crippen LogP contribution in [0, 0.1) is 11.8 Å². The van der Waals surface area contributed by atoms with Crippen molar-refractivity contribution in [3.8, 4) is 0 Å². The van der Waals surface area contributed by atoms with Crippen LogP contribution in [0.3, 0.4) is 0 Å². The van der Waals surface area contributed by atoms with E-state index in [9.17, 15) is 4.79 Å². The summed E-state index contributed by atoms with van der Waals surface area (Å²) in [6.07, 6.45) is 8.66. The summed E-state index contributed by atoms with van der Waals surface area (Å²) >= 11 is 0. The zero-order valence-electron chi connectivity index (χ0n) is 11.5. The molecule has 1 unspecified atom stereocenters. The quantitative estimate of drug-likeness (QED) is 0.775. The Morgan fingerprint density at radius 3 is 2.59 bits per heavy atom. The first-order valence-corrected chi connectivity index (χ1v) is 7.07. The number of hydrogen-bond donors (Lipinski definition) is 1. The van der Waals surface area contributed by atoms with Gasteiger partial charge in [-0.05, 0) is 24.8 Å². The van der Waals surface area contributed by atoms with Crippen molar-refractivity contribution in [3.05, 3.63) is 0 Å². The molecule has 1 rings (SSSR count). The average Bonchev–Trinajstić information content (AvgIpc) is 2.36. The molecule has 0 saturated heterocycles. The highest BCUT2D eigenvalue weighted by Gasteiger charge is 2.16. The summed E-state index contributed by atoms with van der Waals surface area (Å²) in [7, 11) is 1.92. The third-order valence-corrected chi connectivity index (χ3v) is 3.95. The Balaban J connectivity index is 2.18. The average molecular weight is 240 g/mol. The van der Waals surface area contributed by atoms with E-state index in [1.54, 1.807) is 0 Å². The Bertz CT molecular complexity index is 224. The van der Waals surface area contributed by atoms with E-state index in [1.807, 2.05) is 18.9 Å². The molecule has 1 atom stereocenters. The van der Waals surface area contributed by atoms with Gasteiger partial charge in [0, 0.05) is 20.0 Å². The topological polar surface area (TPSA) is 46.3 Å². The summed E-state index contributed by atoms with van der Waals surface area (Å²) in [6.45, 7) is 3.55. The van der Waals surface area contributed by atoms with Crippen LogP contribution in [0.2, 0.25) is 0 Å². The Morgan fingerprint density at radius 2 is 2.00 bits per heavy atom.